The van der Waals surface area contributed by atoms with Crippen LogP contribution < -0.4 is 20.7 Å². The predicted molar refractivity (Wildman–Crippen MR) is 88.5 cm³/mol. The molecule has 2 heterocycles. The average molecular weight is 309 g/mol. The molecule has 1 amide bonds. The lowest BCUT2D eigenvalue weighted by Gasteiger charge is -2.44. The fourth-order valence-electron chi connectivity index (χ4n) is 3.50. The third-order valence-electron chi connectivity index (χ3n) is 4.69. The number of nitrogens with zero attached hydrogens (tertiary/aromatic N) is 1. The van der Waals surface area contributed by atoms with Crippen molar-refractivity contribution in [2.24, 2.45) is 5.73 Å². The number of hydrogen-bond acceptors (Lipinski definition) is 4. The van der Waals surface area contributed by atoms with Gasteiger partial charge in [0, 0.05) is 12.6 Å². The number of rotatable bonds is 2. The second-order valence-electron chi connectivity index (χ2n) is 5.98. The number of benzene rings is 2. The maximum Gasteiger partial charge on any atom is 0.255 e. The van der Waals surface area contributed by atoms with Crippen molar-refractivity contribution >= 4 is 11.6 Å². The molecule has 2 aliphatic heterocycles. The van der Waals surface area contributed by atoms with E-state index in [4.69, 9.17) is 10.5 Å². The zero-order valence-corrected chi connectivity index (χ0v) is 13.0. The van der Waals surface area contributed by atoms with Gasteiger partial charge in [0.05, 0.1) is 18.4 Å². The second kappa shape index (κ2) is 5.28. The number of para-hydroxylation sites is 1. The van der Waals surface area contributed by atoms with Crippen LogP contribution in [-0.2, 0) is 0 Å². The number of nitrogens with one attached hydrogen (secondary N) is 1. The summed E-state index contributed by atoms with van der Waals surface area (Å²) in [5.41, 5.74) is 10.0. The van der Waals surface area contributed by atoms with Crippen molar-refractivity contribution in [2.45, 2.75) is 18.6 Å². The molecule has 2 aromatic carbocycles. The van der Waals surface area contributed by atoms with E-state index in [1.807, 2.05) is 42.5 Å². The van der Waals surface area contributed by atoms with Crippen LogP contribution in [0.25, 0.3) is 0 Å². The van der Waals surface area contributed by atoms with E-state index in [9.17, 15) is 4.79 Å². The maximum absolute atomic E-state index is 12.5. The summed E-state index contributed by atoms with van der Waals surface area (Å²) >= 11 is 0. The van der Waals surface area contributed by atoms with Gasteiger partial charge in [0.2, 0.25) is 0 Å². The van der Waals surface area contributed by atoms with E-state index < -0.39 is 0 Å². The largest absolute Gasteiger partial charge is 0.497 e. The number of methoxy groups -OCH3 is 1. The Morgan fingerprint density at radius 3 is 2.74 bits per heavy atom. The van der Waals surface area contributed by atoms with Crippen LogP contribution in [0.5, 0.6) is 5.75 Å². The first kappa shape index (κ1) is 14.1. The van der Waals surface area contributed by atoms with Crippen molar-refractivity contribution in [2.75, 3.05) is 18.6 Å². The number of carbonyl (C=O) groups excluding carboxylic acids is 1. The van der Waals surface area contributed by atoms with Gasteiger partial charge in [0.25, 0.3) is 5.91 Å². The Bertz CT molecular complexity index is 757. The van der Waals surface area contributed by atoms with E-state index >= 15 is 0 Å². The number of carbonyl (C=O) groups is 1. The molecular weight excluding hydrogens is 290 g/mol. The monoisotopic (exact) mass is 309 g/mol. The van der Waals surface area contributed by atoms with Gasteiger partial charge in [0.1, 0.15) is 11.9 Å². The normalized spacial score (nSPS) is 22.3. The molecule has 0 radical (unpaired) electrons. The van der Waals surface area contributed by atoms with E-state index in [1.165, 1.54) is 0 Å². The van der Waals surface area contributed by atoms with Gasteiger partial charge < -0.3 is 20.7 Å². The summed E-state index contributed by atoms with van der Waals surface area (Å²) in [6, 6.07) is 13.6. The number of ether oxygens (including phenoxy) is 1. The zero-order chi connectivity index (χ0) is 16.0. The highest BCUT2D eigenvalue weighted by molar-refractivity contribution is 6.03. The van der Waals surface area contributed by atoms with E-state index in [0.717, 1.165) is 35.5 Å². The van der Waals surface area contributed by atoms with Gasteiger partial charge in [-0.15, -0.1) is 0 Å². The van der Waals surface area contributed by atoms with Crippen molar-refractivity contribution in [1.82, 2.24) is 5.32 Å². The Hall–Kier alpha value is -2.53. The van der Waals surface area contributed by atoms with E-state index in [-0.39, 0.29) is 18.1 Å². The first-order valence-electron chi connectivity index (χ1n) is 7.79. The van der Waals surface area contributed by atoms with Gasteiger partial charge in [-0.2, -0.15) is 0 Å². The minimum atomic E-state index is -0.172. The molecule has 118 valence electrons. The van der Waals surface area contributed by atoms with Crippen LogP contribution in [-0.4, -0.2) is 19.6 Å². The molecule has 0 aliphatic carbocycles. The van der Waals surface area contributed by atoms with Gasteiger partial charge in [0.15, 0.2) is 0 Å². The Morgan fingerprint density at radius 2 is 2.00 bits per heavy atom. The molecule has 2 aromatic rings. The van der Waals surface area contributed by atoms with Crippen molar-refractivity contribution in [1.29, 1.82) is 0 Å². The van der Waals surface area contributed by atoms with Crippen LogP contribution in [0.15, 0.2) is 42.5 Å². The van der Waals surface area contributed by atoms with Crippen molar-refractivity contribution in [3.63, 3.8) is 0 Å². The summed E-state index contributed by atoms with van der Waals surface area (Å²) in [6.07, 6.45) is 0.702. The molecule has 0 unspecified atom stereocenters. The Labute approximate surface area is 135 Å². The summed E-state index contributed by atoms with van der Waals surface area (Å²) in [5.74, 6) is 0.755. The Kier molecular flexibility index (Phi) is 3.23. The summed E-state index contributed by atoms with van der Waals surface area (Å²) in [4.78, 5) is 14.8. The number of amides is 1. The van der Waals surface area contributed by atoms with Crippen LogP contribution in [0.3, 0.4) is 0 Å². The quantitative estimate of drug-likeness (QED) is 0.893. The number of nitrogens with two attached hydrogens (primary N) is 1. The third kappa shape index (κ3) is 2.16. The van der Waals surface area contributed by atoms with Crippen molar-refractivity contribution < 1.29 is 9.53 Å². The van der Waals surface area contributed by atoms with Gasteiger partial charge >= 0.3 is 0 Å². The van der Waals surface area contributed by atoms with Gasteiger partial charge in [-0.3, -0.25) is 4.79 Å². The molecule has 5 heteroatoms. The van der Waals surface area contributed by atoms with Crippen LogP contribution in [0.4, 0.5) is 5.69 Å². The summed E-state index contributed by atoms with van der Waals surface area (Å²) in [7, 11) is 1.64. The molecule has 0 saturated heterocycles. The molecule has 5 nitrogen and oxygen atoms in total. The second-order valence-corrected chi connectivity index (χ2v) is 5.98. The highest BCUT2D eigenvalue weighted by atomic mass is 16.5. The van der Waals surface area contributed by atoms with Crippen LogP contribution in [0.2, 0.25) is 0 Å². The Morgan fingerprint density at radius 1 is 1.22 bits per heavy atom. The zero-order valence-electron chi connectivity index (χ0n) is 13.0. The van der Waals surface area contributed by atoms with Gasteiger partial charge in [-0.25, -0.2) is 0 Å². The third-order valence-corrected chi connectivity index (χ3v) is 4.69. The standard InChI is InChI=1S/C18H19N3O2/c1-23-12-7-5-11(6-8-12)17-20-18(22)14-4-2-3-13-15(19)9-10-21(17)16(13)14/h2-8,15,17H,9-10,19H2,1H3,(H,20,22)/t15-,17-/m1/s1. The SMILES string of the molecule is COc1ccc([C@@H]2NC(=O)c3cccc4c3N2CC[C@H]4N)cc1. The molecule has 0 fully saturated rings. The fraction of sp³-hybridized carbons (Fsp3) is 0.278. The van der Waals surface area contributed by atoms with E-state index in [2.05, 4.69) is 10.2 Å². The van der Waals surface area contributed by atoms with E-state index in [0.29, 0.717) is 5.56 Å². The van der Waals surface area contributed by atoms with Gasteiger partial charge in [-0.05, 0) is 35.7 Å². The predicted octanol–water partition coefficient (Wildman–Crippen LogP) is 2.35. The Balaban J connectivity index is 1.80. The number of anilines is 1. The molecule has 0 aromatic heterocycles. The highest BCUT2D eigenvalue weighted by Crippen LogP contribution is 2.42. The summed E-state index contributed by atoms with van der Waals surface area (Å²) in [5, 5.41) is 3.11. The summed E-state index contributed by atoms with van der Waals surface area (Å²) in [6.45, 7) is 0.822. The lowest BCUT2D eigenvalue weighted by molar-refractivity contribution is 0.0925. The summed E-state index contributed by atoms with van der Waals surface area (Å²) < 4.78 is 5.21. The van der Waals surface area contributed by atoms with E-state index in [1.54, 1.807) is 7.11 Å². The number of hydrogen-bond donors (Lipinski definition) is 2. The van der Waals surface area contributed by atoms with Crippen LogP contribution >= 0.6 is 0 Å². The minimum Gasteiger partial charge on any atom is -0.497 e. The highest BCUT2D eigenvalue weighted by Gasteiger charge is 2.36. The molecule has 2 atom stereocenters. The van der Waals surface area contributed by atoms with Crippen LogP contribution in [0.1, 0.15) is 40.1 Å². The topological polar surface area (TPSA) is 67.6 Å². The molecule has 23 heavy (non-hydrogen) atoms. The molecule has 2 aliphatic rings. The average Bonchev–Trinajstić information content (AvgIpc) is 2.60. The first-order chi connectivity index (χ1) is 11.2. The van der Waals surface area contributed by atoms with Crippen molar-refractivity contribution in [3.8, 4) is 5.75 Å². The molecule has 4 rings (SSSR count). The van der Waals surface area contributed by atoms with Crippen molar-refractivity contribution in [3.05, 3.63) is 59.2 Å². The molecule has 0 bridgehead atoms. The lowest BCUT2D eigenvalue weighted by atomic mass is 9.90. The van der Waals surface area contributed by atoms with Gasteiger partial charge in [-0.1, -0.05) is 24.3 Å². The molecule has 3 N–H and O–H groups in total. The molecule has 0 saturated carbocycles. The fourth-order valence-corrected chi connectivity index (χ4v) is 3.50. The first-order valence-corrected chi connectivity index (χ1v) is 7.79. The minimum absolute atomic E-state index is 0.0105. The lowest BCUT2D eigenvalue weighted by Crippen LogP contribution is -2.49. The smallest absolute Gasteiger partial charge is 0.255 e. The molecular formula is C18H19N3O2. The molecule has 0 spiro atoms. The van der Waals surface area contributed by atoms with Crippen LogP contribution in [0, 0.1) is 0 Å². The maximum atomic E-state index is 12.5.